The monoisotopic (exact) mass is 434 g/mol. The fourth-order valence-electron chi connectivity index (χ4n) is 2.93. The van der Waals surface area contributed by atoms with Crippen LogP contribution >= 0.6 is 11.6 Å². The number of nitrogens with zero attached hydrogens (tertiary/aromatic N) is 1. The van der Waals surface area contributed by atoms with Crippen LogP contribution in [0.1, 0.15) is 39.2 Å². The number of hydrogen-bond donors (Lipinski definition) is 1. The lowest BCUT2D eigenvalue weighted by Crippen LogP contribution is -2.51. The maximum absolute atomic E-state index is 13.8. The molecule has 0 aliphatic rings. The van der Waals surface area contributed by atoms with E-state index in [4.69, 9.17) is 16.3 Å². The van der Waals surface area contributed by atoms with Gasteiger partial charge in [-0.1, -0.05) is 49.7 Å². The van der Waals surface area contributed by atoms with Gasteiger partial charge >= 0.3 is 0 Å². The van der Waals surface area contributed by atoms with Crippen molar-refractivity contribution >= 4 is 23.4 Å². The second-order valence-corrected chi connectivity index (χ2v) is 7.55. The first-order valence-corrected chi connectivity index (χ1v) is 10.4. The minimum atomic E-state index is -0.675. The van der Waals surface area contributed by atoms with E-state index in [-0.39, 0.29) is 30.9 Å². The van der Waals surface area contributed by atoms with E-state index in [1.54, 1.807) is 36.4 Å². The summed E-state index contributed by atoms with van der Waals surface area (Å²) >= 11 is 5.96. The summed E-state index contributed by atoms with van der Waals surface area (Å²) in [6, 6.07) is 12.3. The number of para-hydroxylation sites is 1. The van der Waals surface area contributed by atoms with Crippen molar-refractivity contribution in [3.8, 4) is 5.75 Å². The smallest absolute Gasteiger partial charge is 0.261 e. The molecule has 1 N–H and O–H groups in total. The number of halogens is 2. The van der Waals surface area contributed by atoms with Gasteiger partial charge in [0.15, 0.2) is 18.2 Å². The summed E-state index contributed by atoms with van der Waals surface area (Å²) < 4.78 is 19.2. The zero-order valence-electron chi connectivity index (χ0n) is 17.5. The lowest BCUT2D eigenvalue weighted by atomic mass is 10.1. The van der Waals surface area contributed by atoms with E-state index in [1.807, 2.05) is 20.8 Å². The second kappa shape index (κ2) is 11.6. The van der Waals surface area contributed by atoms with Crippen LogP contribution in [0.5, 0.6) is 5.75 Å². The molecule has 0 radical (unpaired) electrons. The van der Waals surface area contributed by atoms with Crippen molar-refractivity contribution in [2.24, 2.45) is 0 Å². The third-order valence-electron chi connectivity index (χ3n) is 4.84. The van der Waals surface area contributed by atoms with Gasteiger partial charge in [0.1, 0.15) is 6.04 Å². The predicted octanol–water partition coefficient (Wildman–Crippen LogP) is 4.58. The predicted molar refractivity (Wildman–Crippen MR) is 116 cm³/mol. The van der Waals surface area contributed by atoms with Crippen LogP contribution in [-0.2, 0) is 16.1 Å². The molecule has 0 saturated heterocycles. The van der Waals surface area contributed by atoms with Crippen LogP contribution < -0.4 is 10.1 Å². The average Bonchev–Trinajstić information content (AvgIpc) is 2.74. The van der Waals surface area contributed by atoms with Gasteiger partial charge in [-0.3, -0.25) is 9.59 Å². The molecule has 2 aromatic rings. The second-order valence-electron chi connectivity index (χ2n) is 7.11. The van der Waals surface area contributed by atoms with E-state index >= 15 is 0 Å². The first kappa shape index (κ1) is 23.7. The summed E-state index contributed by atoms with van der Waals surface area (Å²) in [5, 5.41) is 3.52. The van der Waals surface area contributed by atoms with E-state index < -0.39 is 17.8 Å². The molecule has 2 rings (SSSR count). The van der Waals surface area contributed by atoms with Gasteiger partial charge in [-0.05, 0) is 49.6 Å². The van der Waals surface area contributed by atoms with Crippen molar-refractivity contribution in [1.82, 2.24) is 10.2 Å². The number of hydrogen-bond acceptors (Lipinski definition) is 3. The maximum atomic E-state index is 13.8. The molecule has 7 heteroatoms. The topological polar surface area (TPSA) is 58.6 Å². The summed E-state index contributed by atoms with van der Waals surface area (Å²) in [6.07, 6.45) is 1.21. The minimum Gasteiger partial charge on any atom is -0.481 e. The van der Waals surface area contributed by atoms with Crippen LogP contribution in [0.3, 0.4) is 0 Å². The molecule has 2 aromatic carbocycles. The van der Waals surface area contributed by atoms with Gasteiger partial charge in [-0.25, -0.2) is 4.39 Å². The van der Waals surface area contributed by atoms with Crippen molar-refractivity contribution in [2.45, 2.75) is 52.2 Å². The van der Waals surface area contributed by atoms with Crippen LogP contribution in [0, 0.1) is 5.82 Å². The van der Waals surface area contributed by atoms with E-state index in [1.165, 1.54) is 17.0 Å². The zero-order chi connectivity index (χ0) is 22.1. The Balaban J connectivity index is 2.21. The number of benzene rings is 2. The third kappa shape index (κ3) is 6.73. The van der Waals surface area contributed by atoms with Crippen LogP contribution in [0.2, 0.25) is 5.02 Å². The van der Waals surface area contributed by atoms with Gasteiger partial charge in [0.2, 0.25) is 5.91 Å². The summed E-state index contributed by atoms with van der Waals surface area (Å²) in [6.45, 7) is 5.58. The number of nitrogens with one attached hydrogen (secondary N) is 1. The zero-order valence-corrected chi connectivity index (χ0v) is 18.3. The highest BCUT2D eigenvalue weighted by Crippen LogP contribution is 2.18. The summed E-state index contributed by atoms with van der Waals surface area (Å²) in [5.74, 6) is -1.18. The Hall–Kier alpha value is -2.60. The highest BCUT2D eigenvalue weighted by Gasteiger charge is 2.29. The van der Waals surface area contributed by atoms with Crippen LogP contribution in [0.15, 0.2) is 48.5 Å². The average molecular weight is 435 g/mol. The van der Waals surface area contributed by atoms with Gasteiger partial charge < -0.3 is 15.0 Å². The van der Waals surface area contributed by atoms with Gasteiger partial charge in [0.25, 0.3) is 5.91 Å². The quantitative estimate of drug-likeness (QED) is 0.595. The Labute approximate surface area is 182 Å². The Bertz CT molecular complexity index is 845. The normalized spacial score (nSPS) is 12.7. The Morgan fingerprint density at radius 1 is 1.10 bits per heavy atom. The lowest BCUT2D eigenvalue weighted by Gasteiger charge is -2.31. The molecule has 0 aliphatic carbocycles. The number of ether oxygens (including phenoxy) is 1. The van der Waals surface area contributed by atoms with Gasteiger partial charge in [-0.15, -0.1) is 0 Å². The Kier molecular flexibility index (Phi) is 9.12. The van der Waals surface area contributed by atoms with Crippen LogP contribution in [0.4, 0.5) is 4.39 Å². The molecular formula is C23H28ClFN2O3. The largest absolute Gasteiger partial charge is 0.481 e. The summed E-state index contributed by atoms with van der Waals surface area (Å²) in [4.78, 5) is 27.3. The van der Waals surface area contributed by atoms with Crippen LogP contribution in [-0.4, -0.2) is 35.4 Å². The molecule has 5 nitrogen and oxygen atoms in total. The molecule has 0 fully saturated rings. The maximum Gasteiger partial charge on any atom is 0.261 e. The van der Waals surface area contributed by atoms with Gasteiger partial charge in [0, 0.05) is 17.6 Å². The van der Waals surface area contributed by atoms with Crippen molar-refractivity contribution in [3.63, 3.8) is 0 Å². The Morgan fingerprint density at radius 3 is 2.37 bits per heavy atom. The van der Waals surface area contributed by atoms with E-state index in [9.17, 15) is 14.0 Å². The lowest BCUT2D eigenvalue weighted by molar-refractivity contribution is -0.143. The van der Waals surface area contributed by atoms with Gasteiger partial charge in [-0.2, -0.15) is 0 Å². The molecule has 0 unspecified atom stereocenters. The number of carbonyl (C=O) groups excluding carboxylic acids is 2. The highest BCUT2D eigenvalue weighted by molar-refractivity contribution is 6.30. The van der Waals surface area contributed by atoms with Crippen molar-refractivity contribution < 1.29 is 18.7 Å². The first-order chi connectivity index (χ1) is 14.3. The SMILES string of the molecule is CC[C@@H](C)NC(=O)[C@H](CC)N(Cc1ccc(Cl)cc1)C(=O)COc1ccccc1F. The Morgan fingerprint density at radius 2 is 1.77 bits per heavy atom. The summed E-state index contributed by atoms with van der Waals surface area (Å²) in [5.41, 5.74) is 0.827. The van der Waals surface area contributed by atoms with Gasteiger partial charge in [0.05, 0.1) is 0 Å². The number of rotatable bonds is 10. The highest BCUT2D eigenvalue weighted by atomic mass is 35.5. The standard InChI is InChI=1S/C23H28ClFN2O3/c1-4-16(3)26-23(29)20(5-2)27(14-17-10-12-18(24)13-11-17)22(28)15-30-21-9-7-6-8-19(21)25/h6-13,16,20H,4-5,14-15H2,1-3H3,(H,26,29)/t16-,20+/m1/s1. The van der Waals surface area contributed by atoms with Crippen LogP contribution in [0.25, 0.3) is 0 Å². The molecule has 30 heavy (non-hydrogen) atoms. The molecule has 0 bridgehead atoms. The van der Waals surface area contributed by atoms with E-state index in [0.29, 0.717) is 11.4 Å². The molecule has 0 saturated carbocycles. The molecule has 0 heterocycles. The number of carbonyl (C=O) groups is 2. The third-order valence-corrected chi connectivity index (χ3v) is 5.09. The molecule has 0 aliphatic heterocycles. The molecular weight excluding hydrogens is 407 g/mol. The van der Waals surface area contributed by atoms with Crippen molar-refractivity contribution in [3.05, 3.63) is 64.9 Å². The van der Waals surface area contributed by atoms with Crippen molar-refractivity contribution in [1.29, 1.82) is 0 Å². The molecule has 0 aromatic heterocycles. The molecule has 162 valence electrons. The van der Waals surface area contributed by atoms with E-state index in [2.05, 4.69) is 5.32 Å². The fraction of sp³-hybridized carbons (Fsp3) is 0.391. The van der Waals surface area contributed by atoms with Crippen molar-refractivity contribution in [2.75, 3.05) is 6.61 Å². The molecule has 2 atom stereocenters. The molecule has 2 amide bonds. The summed E-state index contributed by atoms with van der Waals surface area (Å²) in [7, 11) is 0. The number of amides is 2. The fourth-order valence-corrected chi connectivity index (χ4v) is 3.06. The first-order valence-electron chi connectivity index (χ1n) is 10.1. The minimum absolute atomic E-state index is 0.00519. The molecule has 0 spiro atoms. The van der Waals surface area contributed by atoms with E-state index in [0.717, 1.165) is 12.0 Å².